The van der Waals surface area contributed by atoms with Gasteiger partial charge in [-0.1, -0.05) is 42.5 Å². The Bertz CT molecular complexity index is 1400. The van der Waals surface area contributed by atoms with Crippen LogP contribution in [0.5, 0.6) is 11.5 Å². The fourth-order valence-corrected chi connectivity index (χ4v) is 5.04. The van der Waals surface area contributed by atoms with Crippen LogP contribution in [0.3, 0.4) is 0 Å². The number of hydrogen-bond donors (Lipinski definition) is 2. The second-order valence-corrected chi connectivity index (χ2v) is 10.6. The van der Waals surface area contributed by atoms with E-state index in [0.29, 0.717) is 29.2 Å². The average Bonchev–Trinajstić information content (AvgIpc) is 2.99. The van der Waals surface area contributed by atoms with E-state index in [1.165, 1.54) is 5.56 Å². The number of anilines is 1. The maximum absolute atomic E-state index is 13.2. The summed E-state index contributed by atoms with van der Waals surface area (Å²) in [6.45, 7) is 0.476. The Morgan fingerprint density at radius 3 is 2.33 bits per heavy atom. The molecular formula is C34H37NO8. The zero-order chi connectivity index (χ0) is 30.6. The monoisotopic (exact) mass is 587 g/mol. The number of hydrogen-bond acceptors (Lipinski definition) is 7. The third kappa shape index (κ3) is 9.43. The maximum Gasteiger partial charge on any atom is 0.346 e. The second-order valence-electron chi connectivity index (χ2n) is 10.6. The van der Waals surface area contributed by atoms with E-state index in [1.54, 1.807) is 47.4 Å². The van der Waals surface area contributed by atoms with Gasteiger partial charge in [-0.3, -0.25) is 14.4 Å². The SMILES string of the molecule is O=C(O)CCCC(=O)CN1CC(C(=O)O)Oc2c(CC(=O)c3ccc(OCCCCCc4ccccc4)cc3)cccc21. The van der Waals surface area contributed by atoms with E-state index >= 15 is 0 Å². The molecule has 1 atom stereocenters. The Morgan fingerprint density at radius 1 is 0.837 bits per heavy atom. The largest absolute Gasteiger partial charge is 0.494 e. The van der Waals surface area contributed by atoms with Crippen molar-refractivity contribution in [3.8, 4) is 11.5 Å². The highest BCUT2D eigenvalue weighted by atomic mass is 16.5. The molecule has 9 heteroatoms. The van der Waals surface area contributed by atoms with Gasteiger partial charge in [0.2, 0.25) is 6.10 Å². The van der Waals surface area contributed by atoms with Crippen molar-refractivity contribution in [2.75, 3.05) is 24.6 Å². The molecule has 43 heavy (non-hydrogen) atoms. The molecule has 0 saturated carbocycles. The number of para-hydroxylation sites is 1. The van der Waals surface area contributed by atoms with Gasteiger partial charge in [0.1, 0.15) is 11.5 Å². The van der Waals surface area contributed by atoms with Gasteiger partial charge < -0.3 is 24.6 Å². The molecule has 0 bridgehead atoms. The minimum Gasteiger partial charge on any atom is -0.494 e. The summed E-state index contributed by atoms with van der Waals surface area (Å²) in [5.41, 5.74) is 2.88. The van der Waals surface area contributed by atoms with Crippen molar-refractivity contribution in [3.05, 3.63) is 89.5 Å². The van der Waals surface area contributed by atoms with Crippen LogP contribution in [0.2, 0.25) is 0 Å². The van der Waals surface area contributed by atoms with Crippen LogP contribution in [-0.4, -0.2) is 59.5 Å². The molecule has 3 aromatic rings. The molecule has 0 radical (unpaired) electrons. The Labute approximate surface area is 251 Å². The maximum atomic E-state index is 13.2. The normalized spacial score (nSPS) is 14.0. The lowest BCUT2D eigenvalue weighted by atomic mass is 10.00. The number of Topliss-reactive ketones (excluding diaryl/α,β-unsaturated/α-hetero) is 2. The van der Waals surface area contributed by atoms with Gasteiger partial charge in [-0.2, -0.15) is 0 Å². The molecule has 0 aliphatic carbocycles. The van der Waals surface area contributed by atoms with E-state index in [2.05, 4.69) is 24.3 Å². The van der Waals surface area contributed by atoms with Crippen molar-refractivity contribution in [2.24, 2.45) is 0 Å². The number of rotatable bonds is 17. The molecule has 1 heterocycles. The molecule has 0 aromatic heterocycles. The van der Waals surface area contributed by atoms with Crippen LogP contribution in [0, 0.1) is 0 Å². The molecule has 1 aliphatic rings. The molecular weight excluding hydrogens is 550 g/mol. The molecule has 2 N–H and O–H groups in total. The third-order valence-corrected chi connectivity index (χ3v) is 7.30. The first-order valence-corrected chi connectivity index (χ1v) is 14.6. The van der Waals surface area contributed by atoms with Crippen molar-refractivity contribution in [2.45, 2.75) is 57.5 Å². The van der Waals surface area contributed by atoms with Crippen LogP contribution in [0.1, 0.15) is 60.0 Å². The average molecular weight is 588 g/mol. The summed E-state index contributed by atoms with van der Waals surface area (Å²) in [6.07, 6.45) is 3.09. The number of fused-ring (bicyclic) bond motifs is 1. The highest BCUT2D eigenvalue weighted by Crippen LogP contribution is 2.37. The van der Waals surface area contributed by atoms with Crippen LogP contribution in [-0.2, 0) is 27.2 Å². The van der Waals surface area contributed by atoms with Crippen molar-refractivity contribution in [1.29, 1.82) is 0 Å². The Balaban J connectivity index is 1.33. The minimum atomic E-state index is -1.22. The number of carboxylic acid groups (broad SMARTS) is 2. The summed E-state index contributed by atoms with van der Waals surface area (Å²) in [6, 6.07) is 22.5. The number of aliphatic carboxylic acids is 2. The molecule has 0 fully saturated rings. The predicted molar refractivity (Wildman–Crippen MR) is 161 cm³/mol. The zero-order valence-corrected chi connectivity index (χ0v) is 24.1. The van der Waals surface area contributed by atoms with Gasteiger partial charge in [0.15, 0.2) is 11.6 Å². The van der Waals surface area contributed by atoms with Gasteiger partial charge in [-0.15, -0.1) is 0 Å². The van der Waals surface area contributed by atoms with Crippen LogP contribution >= 0.6 is 0 Å². The smallest absolute Gasteiger partial charge is 0.346 e. The molecule has 9 nitrogen and oxygen atoms in total. The van der Waals surface area contributed by atoms with Crippen molar-refractivity contribution in [3.63, 3.8) is 0 Å². The first-order valence-electron chi connectivity index (χ1n) is 14.6. The topological polar surface area (TPSA) is 130 Å². The molecule has 226 valence electrons. The number of nitrogens with zero attached hydrogens (tertiary/aromatic N) is 1. The lowest BCUT2D eigenvalue weighted by Crippen LogP contribution is -2.46. The molecule has 1 aliphatic heterocycles. The van der Waals surface area contributed by atoms with Crippen molar-refractivity contribution < 1.29 is 38.9 Å². The number of carbonyl (C=O) groups excluding carboxylic acids is 2. The van der Waals surface area contributed by atoms with Crippen LogP contribution < -0.4 is 14.4 Å². The second kappa shape index (κ2) is 15.5. The fourth-order valence-electron chi connectivity index (χ4n) is 5.04. The number of carboxylic acids is 2. The van der Waals surface area contributed by atoms with Gasteiger partial charge in [0.05, 0.1) is 25.4 Å². The highest BCUT2D eigenvalue weighted by molar-refractivity contribution is 5.98. The summed E-state index contributed by atoms with van der Waals surface area (Å²) in [5.74, 6) is -1.57. The minimum absolute atomic E-state index is 0.0163. The van der Waals surface area contributed by atoms with E-state index < -0.39 is 18.0 Å². The van der Waals surface area contributed by atoms with E-state index in [9.17, 15) is 24.3 Å². The number of carbonyl (C=O) groups is 4. The molecule has 0 spiro atoms. The van der Waals surface area contributed by atoms with E-state index in [-0.39, 0.29) is 56.1 Å². The number of benzene rings is 3. The van der Waals surface area contributed by atoms with E-state index in [0.717, 1.165) is 25.7 Å². The van der Waals surface area contributed by atoms with Gasteiger partial charge in [0, 0.05) is 30.4 Å². The number of aryl methyl sites for hydroxylation is 1. The van der Waals surface area contributed by atoms with E-state index in [4.69, 9.17) is 14.6 Å². The van der Waals surface area contributed by atoms with Gasteiger partial charge in [-0.25, -0.2) is 4.79 Å². The summed E-state index contributed by atoms with van der Waals surface area (Å²) < 4.78 is 11.7. The van der Waals surface area contributed by atoms with Crippen LogP contribution in [0.15, 0.2) is 72.8 Å². The van der Waals surface area contributed by atoms with Crippen LogP contribution in [0.4, 0.5) is 5.69 Å². The highest BCUT2D eigenvalue weighted by Gasteiger charge is 2.33. The zero-order valence-electron chi connectivity index (χ0n) is 24.1. The Morgan fingerprint density at radius 2 is 1.60 bits per heavy atom. The first-order chi connectivity index (χ1) is 20.8. The third-order valence-electron chi connectivity index (χ3n) is 7.30. The van der Waals surface area contributed by atoms with Crippen molar-refractivity contribution >= 4 is 29.2 Å². The summed E-state index contributed by atoms with van der Waals surface area (Å²) in [7, 11) is 0. The Hall–Kier alpha value is -4.66. The summed E-state index contributed by atoms with van der Waals surface area (Å²) >= 11 is 0. The number of ether oxygens (including phenoxy) is 2. The number of unbranched alkanes of at least 4 members (excludes halogenated alkanes) is 2. The standard InChI is InChI=1S/C34H37NO8/c36-27(13-8-15-32(38)39)22-35-23-31(34(40)41)43-33-26(12-7-14-29(33)35)21-30(37)25-16-18-28(19-17-25)42-20-6-2-5-11-24-9-3-1-4-10-24/h1,3-4,7,9-10,12,14,16-19,31H,2,5-6,8,11,13,15,20-23H2,(H,38,39)(H,40,41). The molecule has 1 unspecified atom stereocenters. The molecule has 3 aromatic carbocycles. The quantitative estimate of drug-likeness (QED) is 0.158. The molecule has 0 saturated heterocycles. The summed E-state index contributed by atoms with van der Waals surface area (Å²) in [4.78, 5) is 49.9. The van der Waals surface area contributed by atoms with Gasteiger partial charge >= 0.3 is 11.9 Å². The number of ketones is 2. The van der Waals surface area contributed by atoms with Crippen LogP contribution in [0.25, 0.3) is 0 Å². The predicted octanol–water partition coefficient (Wildman–Crippen LogP) is 5.38. The summed E-state index contributed by atoms with van der Waals surface area (Å²) in [5, 5.41) is 18.5. The lowest BCUT2D eigenvalue weighted by molar-refractivity contribution is -0.145. The van der Waals surface area contributed by atoms with Gasteiger partial charge in [-0.05, 0) is 68.0 Å². The fraction of sp³-hybridized carbons (Fsp3) is 0.353. The Kier molecular flexibility index (Phi) is 11.3. The molecule has 0 amide bonds. The van der Waals surface area contributed by atoms with Gasteiger partial charge in [0.25, 0.3) is 0 Å². The molecule has 4 rings (SSSR count). The first kappa shape index (κ1) is 31.3. The lowest BCUT2D eigenvalue weighted by Gasteiger charge is -2.35. The van der Waals surface area contributed by atoms with E-state index in [1.807, 2.05) is 6.07 Å². The van der Waals surface area contributed by atoms with Crippen molar-refractivity contribution in [1.82, 2.24) is 0 Å².